The summed E-state index contributed by atoms with van der Waals surface area (Å²) in [6.45, 7) is 0. The van der Waals surface area contributed by atoms with Crippen molar-refractivity contribution in [2.24, 2.45) is 0 Å². The zero-order chi connectivity index (χ0) is 14.5. The first-order valence-corrected chi connectivity index (χ1v) is 7.81. The van der Waals surface area contributed by atoms with Gasteiger partial charge in [-0.3, -0.25) is 4.79 Å². The highest BCUT2D eigenvalue weighted by Gasteiger charge is 2.09. The number of benzene rings is 2. The summed E-state index contributed by atoms with van der Waals surface area (Å²) in [5.74, 6) is -0.628. The molecule has 4 heteroatoms. The molecule has 2 aromatic carbocycles. The van der Waals surface area contributed by atoms with E-state index in [0.717, 1.165) is 5.56 Å². The smallest absolute Gasteiger partial charge is 0.163 e. The summed E-state index contributed by atoms with van der Waals surface area (Å²) in [4.78, 5) is 13.2. The Morgan fingerprint density at radius 2 is 1.90 bits per heavy atom. The summed E-state index contributed by atoms with van der Waals surface area (Å²) >= 11 is 7.28. The first-order chi connectivity index (χ1) is 9.60. The molecule has 0 unspecified atom stereocenters. The molecule has 0 amide bonds. The first-order valence-electron chi connectivity index (χ1n) is 6.21. The summed E-state index contributed by atoms with van der Waals surface area (Å²) in [5, 5.41) is 0.0363. The van der Waals surface area contributed by atoms with Gasteiger partial charge in [0.05, 0.1) is 5.02 Å². The van der Waals surface area contributed by atoms with Crippen LogP contribution in [0.1, 0.15) is 22.3 Å². The fraction of sp³-hybridized carbons (Fsp3) is 0.188. The van der Waals surface area contributed by atoms with Crippen molar-refractivity contribution in [2.75, 3.05) is 6.26 Å². The third-order valence-electron chi connectivity index (χ3n) is 3.04. The minimum Gasteiger partial charge on any atom is -0.294 e. The Morgan fingerprint density at radius 3 is 2.50 bits per heavy atom. The second kappa shape index (κ2) is 6.91. The van der Waals surface area contributed by atoms with E-state index in [0.29, 0.717) is 18.4 Å². The highest BCUT2D eigenvalue weighted by Crippen LogP contribution is 2.18. The highest BCUT2D eigenvalue weighted by molar-refractivity contribution is 7.98. The van der Waals surface area contributed by atoms with Gasteiger partial charge in [0.15, 0.2) is 5.78 Å². The molecule has 0 N–H and O–H groups in total. The standard InChI is InChI=1S/C16H14ClFOS/c1-20-13-6-2-11(3-7-13)4-9-16(19)12-5-8-14(17)15(18)10-12/h2-3,5-8,10H,4,9H2,1H3. The summed E-state index contributed by atoms with van der Waals surface area (Å²) in [5.41, 5.74) is 1.47. The molecule has 0 aliphatic rings. The maximum Gasteiger partial charge on any atom is 0.163 e. The number of ketones is 1. The third-order valence-corrected chi connectivity index (χ3v) is 4.09. The quantitative estimate of drug-likeness (QED) is 0.570. The Balaban J connectivity index is 1.98. The van der Waals surface area contributed by atoms with Crippen LogP contribution in [0, 0.1) is 5.82 Å². The van der Waals surface area contributed by atoms with Crippen molar-refractivity contribution in [3.63, 3.8) is 0 Å². The van der Waals surface area contributed by atoms with E-state index in [2.05, 4.69) is 0 Å². The number of Topliss-reactive ketones (excluding diaryl/α,β-unsaturated/α-hetero) is 1. The lowest BCUT2D eigenvalue weighted by Crippen LogP contribution is -2.02. The second-order valence-corrected chi connectivity index (χ2v) is 5.69. The topological polar surface area (TPSA) is 17.1 Å². The Morgan fingerprint density at radius 1 is 1.20 bits per heavy atom. The monoisotopic (exact) mass is 308 g/mol. The van der Waals surface area contributed by atoms with Crippen LogP contribution in [0.25, 0.3) is 0 Å². The molecule has 0 saturated heterocycles. The molecular weight excluding hydrogens is 295 g/mol. The SMILES string of the molecule is CSc1ccc(CCC(=O)c2ccc(Cl)c(F)c2)cc1. The maximum atomic E-state index is 13.3. The summed E-state index contributed by atoms with van der Waals surface area (Å²) in [6, 6.07) is 12.3. The van der Waals surface area contributed by atoms with Gasteiger partial charge in [0, 0.05) is 16.9 Å². The molecule has 1 nitrogen and oxygen atoms in total. The number of thioether (sulfide) groups is 1. The molecule has 0 aliphatic carbocycles. The molecule has 0 saturated carbocycles. The molecule has 20 heavy (non-hydrogen) atoms. The Labute approximate surface area is 127 Å². The van der Waals surface area contributed by atoms with Gasteiger partial charge in [0.25, 0.3) is 0 Å². The van der Waals surface area contributed by atoms with Crippen molar-refractivity contribution in [1.29, 1.82) is 0 Å². The van der Waals surface area contributed by atoms with Gasteiger partial charge in [-0.2, -0.15) is 0 Å². The van der Waals surface area contributed by atoms with E-state index < -0.39 is 5.82 Å². The summed E-state index contributed by atoms with van der Waals surface area (Å²) in [6.07, 6.45) is 3.03. The molecule has 2 rings (SSSR count). The number of hydrogen-bond donors (Lipinski definition) is 0. The van der Waals surface area contributed by atoms with Crippen LogP contribution in [-0.2, 0) is 6.42 Å². The third kappa shape index (κ3) is 3.84. The predicted molar refractivity (Wildman–Crippen MR) is 82.3 cm³/mol. The predicted octanol–water partition coefficient (Wildman–Crippen LogP) is 5.02. The minimum absolute atomic E-state index is 0.0363. The van der Waals surface area contributed by atoms with Gasteiger partial charge in [0.2, 0.25) is 0 Å². The Hall–Kier alpha value is -1.32. The number of rotatable bonds is 5. The average molecular weight is 309 g/mol. The molecule has 104 valence electrons. The minimum atomic E-state index is -0.554. The molecule has 2 aromatic rings. The van der Waals surface area contributed by atoms with Crippen molar-refractivity contribution in [1.82, 2.24) is 0 Å². The van der Waals surface area contributed by atoms with Crippen molar-refractivity contribution < 1.29 is 9.18 Å². The molecule has 0 atom stereocenters. The first kappa shape index (κ1) is 15.1. The number of carbonyl (C=O) groups excluding carboxylic acids is 1. The number of hydrogen-bond acceptors (Lipinski definition) is 2. The van der Waals surface area contributed by atoms with Crippen LogP contribution < -0.4 is 0 Å². The van der Waals surface area contributed by atoms with Crippen LogP contribution in [0.2, 0.25) is 5.02 Å². The van der Waals surface area contributed by atoms with E-state index in [4.69, 9.17) is 11.6 Å². The van der Waals surface area contributed by atoms with Gasteiger partial charge in [0.1, 0.15) is 5.82 Å². The van der Waals surface area contributed by atoms with E-state index in [1.807, 2.05) is 30.5 Å². The van der Waals surface area contributed by atoms with Crippen molar-refractivity contribution in [2.45, 2.75) is 17.7 Å². The lowest BCUT2D eigenvalue weighted by Gasteiger charge is -2.04. The summed E-state index contributed by atoms with van der Waals surface area (Å²) < 4.78 is 13.3. The van der Waals surface area contributed by atoms with Crippen LogP contribution in [0.3, 0.4) is 0 Å². The Bertz CT molecular complexity index is 610. The van der Waals surface area contributed by atoms with Gasteiger partial charge >= 0.3 is 0 Å². The summed E-state index contributed by atoms with van der Waals surface area (Å²) in [7, 11) is 0. The van der Waals surface area contributed by atoms with Crippen molar-refractivity contribution >= 4 is 29.1 Å². The van der Waals surface area contributed by atoms with Gasteiger partial charge in [-0.15, -0.1) is 11.8 Å². The lowest BCUT2D eigenvalue weighted by molar-refractivity contribution is 0.0982. The van der Waals surface area contributed by atoms with Gasteiger partial charge in [-0.1, -0.05) is 23.7 Å². The van der Waals surface area contributed by atoms with Crippen LogP contribution in [0.4, 0.5) is 4.39 Å². The number of carbonyl (C=O) groups is 1. The van der Waals surface area contributed by atoms with Gasteiger partial charge in [-0.25, -0.2) is 4.39 Å². The number of aryl methyl sites for hydroxylation is 1. The van der Waals surface area contributed by atoms with Crippen LogP contribution in [0.5, 0.6) is 0 Å². The van der Waals surface area contributed by atoms with E-state index >= 15 is 0 Å². The molecule has 0 fully saturated rings. The fourth-order valence-corrected chi connectivity index (χ4v) is 2.39. The molecule has 0 bridgehead atoms. The van der Waals surface area contributed by atoms with Crippen LogP contribution in [-0.4, -0.2) is 12.0 Å². The molecule has 0 heterocycles. The molecule has 0 spiro atoms. The molecule has 0 radical (unpaired) electrons. The van der Waals surface area contributed by atoms with E-state index in [-0.39, 0.29) is 10.8 Å². The van der Waals surface area contributed by atoms with E-state index in [1.165, 1.54) is 17.0 Å². The van der Waals surface area contributed by atoms with Crippen molar-refractivity contribution in [3.8, 4) is 0 Å². The van der Waals surface area contributed by atoms with Crippen LogP contribution >= 0.6 is 23.4 Å². The molecular formula is C16H14ClFOS. The normalized spacial score (nSPS) is 10.6. The van der Waals surface area contributed by atoms with Gasteiger partial charge < -0.3 is 0 Å². The zero-order valence-corrected chi connectivity index (χ0v) is 12.6. The zero-order valence-electron chi connectivity index (χ0n) is 11.0. The Kier molecular flexibility index (Phi) is 5.21. The number of halogens is 2. The van der Waals surface area contributed by atoms with E-state index in [1.54, 1.807) is 17.8 Å². The average Bonchev–Trinajstić information content (AvgIpc) is 2.48. The lowest BCUT2D eigenvalue weighted by atomic mass is 10.0. The molecule has 0 aromatic heterocycles. The molecule has 0 aliphatic heterocycles. The van der Waals surface area contributed by atoms with Crippen LogP contribution in [0.15, 0.2) is 47.4 Å². The largest absolute Gasteiger partial charge is 0.294 e. The fourth-order valence-electron chi connectivity index (χ4n) is 1.86. The van der Waals surface area contributed by atoms with Gasteiger partial charge in [-0.05, 0) is 48.6 Å². The maximum absolute atomic E-state index is 13.3. The highest BCUT2D eigenvalue weighted by atomic mass is 35.5. The van der Waals surface area contributed by atoms with Crippen molar-refractivity contribution in [3.05, 3.63) is 64.4 Å². The van der Waals surface area contributed by atoms with E-state index in [9.17, 15) is 9.18 Å². The second-order valence-electron chi connectivity index (χ2n) is 4.40.